The van der Waals surface area contributed by atoms with Crippen LogP contribution in [0.3, 0.4) is 0 Å². The largest absolute Gasteiger partial charge is 0.354 e. The minimum atomic E-state index is -0.0543. The van der Waals surface area contributed by atoms with Crippen molar-refractivity contribution in [3.8, 4) is 0 Å². The summed E-state index contributed by atoms with van der Waals surface area (Å²) < 4.78 is 0.769. The number of fused-ring (bicyclic) bond motifs is 6. The Morgan fingerprint density at radius 3 is 2.12 bits per heavy atom. The predicted octanol–water partition coefficient (Wildman–Crippen LogP) is 4.43. The lowest BCUT2D eigenvalue weighted by Gasteiger charge is -2.06. The first-order chi connectivity index (χ1) is 12.6. The topological polar surface area (TPSA) is 65.7 Å². The molecule has 2 heterocycles. The fourth-order valence-electron chi connectivity index (χ4n) is 3.86. The highest BCUT2D eigenvalue weighted by molar-refractivity contribution is 7.72. The second-order valence-corrected chi connectivity index (χ2v) is 7.05. The van der Waals surface area contributed by atoms with E-state index in [9.17, 15) is 9.59 Å². The number of H-pyrrole nitrogens is 2. The second kappa shape index (κ2) is 4.45. The molecular weight excluding hydrogens is 344 g/mol. The summed E-state index contributed by atoms with van der Waals surface area (Å²) >= 11 is 5.31. The van der Waals surface area contributed by atoms with Gasteiger partial charge in [0.05, 0.1) is 26.4 Å². The maximum absolute atomic E-state index is 13.1. The van der Waals surface area contributed by atoms with Crippen LogP contribution >= 0.6 is 12.2 Å². The molecule has 0 radical (unpaired) electrons. The van der Waals surface area contributed by atoms with Crippen LogP contribution in [0.1, 0.15) is 0 Å². The van der Waals surface area contributed by atoms with Crippen LogP contribution in [0.4, 0.5) is 0 Å². The number of rotatable bonds is 0. The van der Waals surface area contributed by atoms with Crippen molar-refractivity contribution in [1.82, 2.24) is 9.97 Å². The van der Waals surface area contributed by atoms with E-state index in [1.807, 2.05) is 30.3 Å². The molecule has 5 heteroatoms. The zero-order chi connectivity index (χ0) is 17.6. The number of para-hydroxylation sites is 1. The Morgan fingerprint density at radius 1 is 0.615 bits per heavy atom. The van der Waals surface area contributed by atoms with Gasteiger partial charge in [0.2, 0.25) is 0 Å². The summed E-state index contributed by atoms with van der Waals surface area (Å²) in [5, 5.41) is 4.26. The molecule has 4 nitrogen and oxygen atoms in total. The second-order valence-electron chi connectivity index (χ2n) is 6.64. The number of hydrogen-bond donors (Lipinski definition) is 2. The van der Waals surface area contributed by atoms with Crippen LogP contribution in [0.5, 0.6) is 0 Å². The number of hydrogen-bond acceptors (Lipinski definition) is 3. The van der Waals surface area contributed by atoms with E-state index in [4.69, 9.17) is 12.2 Å². The smallest absolute Gasteiger partial charge is 0.197 e. The van der Waals surface area contributed by atoms with E-state index < -0.39 is 0 Å². The number of benzene rings is 3. The van der Waals surface area contributed by atoms with Gasteiger partial charge in [-0.1, -0.05) is 30.4 Å². The van der Waals surface area contributed by atoms with Gasteiger partial charge >= 0.3 is 0 Å². The molecule has 0 fully saturated rings. The van der Waals surface area contributed by atoms with Gasteiger partial charge in [-0.3, -0.25) is 9.59 Å². The summed E-state index contributed by atoms with van der Waals surface area (Å²) in [5.41, 5.74) is 2.72. The molecule has 0 saturated carbocycles. The summed E-state index contributed by atoms with van der Waals surface area (Å²) in [6, 6.07) is 14.7. The van der Waals surface area contributed by atoms with Gasteiger partial charge in [0, 0.05) is 32.4 Å². The van der Waals surface area contributed by atoms with Crippen LogP contribution < -0.4 is 10.9 Å². The molecule has 0 amide bonds. The van der Waals surface area contributed by atoms with Crippen molar-refractivity contribution in [2.24, 2.45) is 0 Å². The molecule has 6 aromatic rings. The maximum Gasteiger partial charge on any atom is 0.197 e. The Morgan fingerprint density at radius 2 is 1.31 bits per heavy atom. The van der Waals surface area contributed by atoms with Gasteiger partial charge in [-0.05, 0) is 30.3 Å². The highest BCUT2D eigenvalue weighted by atomic mass is 32.1. The molecule has 0 spiro atoms. The van der Waals surface area contributed by atoms with Crippen molar-refractivity contribution in [3.05, 3.63) is 73.5 Å². The molecule has 6 rings (SSSR count). The summed E-state index contributed by atoms with van der Waals surface area (Å²) in [7, 11) is 0. The Kier molecular flexibility index (Phi) is 2.38. The minimum Gasteiger partial charge on any atom is -0.354 e. The molecule has 2 N–H and O–H groups in total. The standard InChI is InChI=1S/C21H10N2O2S/c24-19-9-3-1-2-4-13(9)22-15-8-12-16(7-11(15)19)23-14-6-5-10-17(21(10)26)18(14)20(12)25/h1-8H,(H,22,24)(H,23,25). The van der Waals surface area contributed by atoms with Gasteiger partial charge in [0.15, 0.2) is 10.9 Å². The highest BCUT2D eigenvalue weighted by Gasteiger charge is 2.17. The van der Waals surface area contributed by atoms with Crippen LogP contribution in [0, 0.1) is 4.51 Å². The van der Waals surface area contributed by atoms with Crippen molar-refractivity contribution in [1.29, 1.82) is 0 Å². The summed E-state index contributed by atoms with van der Waals surface area (Å²) in [4.78, 5) is 32.5. The molecule has 0 aliphatic heterocycles. The van der Waals surface area contributed by atoms with Gasteiger partial charge in [0.1, 0.15) is 0 Å². The van der Waals surface area contributed by atoms with Crippen molar-refractivity contribution < 1.29 is 0 Å². The van der Waals surface area contributed by atoms with Crippen molar-refractivity contribution in [3.63, 3.8) is 0 Å². The molecule has 122 valence electrons. The lowest BCUT2D eigenvalue weighted by atomic mass is 10.1. The van der Waals surface area contributed by atoms with Gasteiger partial charge in [-0.25, -0.2) is 0 Å². The third kappa shape index (κ3) is 1.61. The number of aromatic amines is 2. The number of aromatic nitrogens is 2. The van der Waals surface area contributed by atoms with Gasteiger partial charge in [-0.15, -0.1) is 0 Å². The molecule has 26 heavy (non-hydrogen) atoms. The van der Waals surface area contributed by atoms with E-state index in [0.29, 0.717) is 32.6 Å². The van der Waals surface area contributed by atoms with E-state index in [2.05, 4.69) is 9.97 Å². The van der Waals surface area contributed by atoms with E-state index >= 15 is 0 Å². The van der Waals surface area contributed by atoms with Crippen LogP contribution in [-0.4, -0.2) is 9.97 Å². The zero-order valence-corrected chi connectivity index (χ0v) is 14.2. The van der Waals surface area contributed by atoms with E-state index in [1.165, 1.54) is 0 Å². The fraction of sp³-hybridized carbons (Fsp3) is 0. The molecule has 0 bridgehead atoms. The Hall–Kier alpha value is -3.31. The quantitative estimate of drug-likeness (QED) is 0.313. The molecule has 4 aromatic carbocycles. The average Bonchev–Trinajstić information content (AvgIpc) is 3.31. The first-order valence-electron chi connectivity index (χ1n) is 8.26. The van der Waals surface area contributed by atoms with Crippen LogP contribution in [0.25, 0.3) is 54.4 Å². The zero-order valence-electron chi connectivity index (χ0n) is 13.3. The van der Waals surface area contributed by atoms with Gasteiger partial charge < -0.3 is 9.97 Å². The monoisotopic (exact) mass is 354 g/mol. The van der Waals surface area contributed by atoms with Gasteiger partial charge in [0.25, 0.3) is 0 Å². The molecule has 0 saturated heterocycles. The molecule has 0 aliphatic carbocycles. The Balaban J connectivity index is 1.87. The lowest BCUT2D eigenvalue weighted by molar-refractivity contribution is 1.46. The molecular formula is C21H10N2O2S. The number of nitrogens with one attached hydrogen (secondary N) is 2. The van der Waals surface area contributed by atoms with E-state index in [1.54, 1.807) is 18.2 Å². The summed E-state index contributed by atoms with van der Waals surface area (Å²) in [6.07, 6.45) is 0. The third-order valence-corrected chi connectivity index (χ3v) is 5.62. The maximum atomic E-state index is 13.1. The van der Waals surface area contributed by atoms with E-state index in [-0.39, 0.29) is 10.9 Å². The minimum absolute atomic E-state index is 0.0428. The van der Waals surface area contributed by atoms with Crippen molar-refractivity contribution >= 4 is 66.6 Å². The SMILES string of the molecule is O=c1c2ccccc2[nH]c2cc3c(=O)c4c(ccc5c(=S)c54)[nH]c3cc12. The highest BCUT2D eigenvalue weighted by Crippen LogP contribution is 2.34. The Bertz CT molecular complexity index is 1700. The van der Waals surface area contributed by atoms with Crippen LogP contribution in [-0.2, 0) is 0 Å². The average molecular weight is 354 g/mol. The normalized spacial score (nSPS) is 12.3. The molecule has 0 unspecified atom stereocenters. The predicted molar refractivity (Wildman–Crippen MR) is 108 cm³/mol. The first-order valence-corrected chi connectivity index (χ1v) is 8.66. The fourth-order valence-corrected chi connectivity index (χ4v) is 4.19. The van der Waals surface area contributed by atoms with E-state index in [0.717, 1.165) is 26.3 Å². The summed E-state index contributed by atoms with van der Waals surface area (Å²) in [6.45, 7) is 0. The molecule has 2 aromatic heterocycles. The van der Waals surface area contributed by atoms with Gasteiger partial charge in [-0.2, -0.15) is 0 Å². The first kappa shape index (κ1) is 13.9. The third-order valence-electron chi connectivity index (χ3n) is 5.20. The van der Waals surface area contributed by atoms with Crippen LogP contribution in [0.2, 0.25) is 0 Å². The van der Waals surface area contributed by atoms with Crippen molar-refractivity contribution in [2.75, 3.05) is 0 Å². The Labute approximate surface area is 150 Å². The summed E-state index contributed by atoms with van der Waals surface area (Å²) in [5.74, 6) is 0. The van der Waals surface area contributed by atoms with Crippen molar-refractivity contribution in [2.45, 2.75) is 0 Å². The lowest BCUT2D eigenvalue weighted by Crippen LogP contribution is -2.07. The number of pyridine rings is 2. The molecule has 0 atom stereocenters. The van der Waals surface area contributed by atoms with Crippen LogP contribution in [0.15, 0.2) is 58.1 Å². The molecule has 0 aliphatic rings.